The standard InChI is InChI=1S/C24H21ClF3N3O4/c25-18-9-13(5-7-17(18)24(26,27)28)10-21(33)29-11-14-4-6-16-15(8-14)12-31(23(16)35)19-2-1-3-20(32)30-22(19)34/h4-9,19H,1-3,10-12H2,(H,29,33)(H,30,32,34)/t19-/m0/s1. The van der Waals surface area contributed by atoms with Gasteiger partial charge in [-0.25, -0.2) is 0 Å². The van der Waals surface area contributed by atoms with E-state index in [0.717, 1.165) is 17.7 Å². The maximum Gasteiger partial charge on any atom is 0.417 e. The van der Waals surface area contributed by atoms with E-state index in [2.05, 4.69) is 10.6 Å². The zero-order chi connectivity index (χ0) is 25.3. The van der Waals surface area contributed by atoms with Crippen molar-refractivity contribution >= 4 is 35.2 Å². The molecule has 184 valence electrons. The summed E-state index contributed by atoms with van der Waals surface area (Å²) >= 11 is 5.70. The molecule has 11 heteroatoms. The van der Waals surface area contributed by atoms with Crippen LogP contribution in [0.4, 0.5) is 13.2 Å². The van der Waals surface area contributed by atoms with E-state index in [1.807, 2.05) is 0 Å². The molecule has 0 aromatic heterocycles. The van der Waals surface area contributed by atoms with Crippen molar-refractivity contribution in [2.24, 2.45) is 0 Å². The first kappa shape index (κ1) is 24.7. The van der Waals surface area contributed by atoms with E-state index in [1.165, 1.54) is 11.0 Å². The minimum atomic E-state index is -4.57. The smallest absolute Gasteiger partial charge is 0.352 e. The number of benzene rings is 2. The van der Waals surface area contributed by atoms with E-state index in [-0.39, 0.29) is 37.7 Å². The number of hydrogen-bond acceptors (Lipinski definition) is 4. The Labute approximate surface area is 203 Å². The van der Waals surface area contributed by atoms with Crippen LogP contribution in [0, 0.1) is 0 Å². The average Bonchev–Trinajstić information content (AvgIpc) is 2.99. The first-order valence-electron chi connectivity index (χ1n) is 10.9. The van der Waals surface area contributed by atoms with Crippen LogP contribution in [0.3, 0.4) is 0 Å². The molecule has 0 spiro atoms. The number of rotatable bonds is 5. The zero-order valence-corrected chi connectivity index (χ0v) is 19.1. The van der Waals surface area contributed by atoms with E-state index >= 15 is 0 Å². The number of imide groups is 1. The number of alkyl halides is 3. The number of amides is 4. The van der Waals surface area contributed by atoms with Crippen LogP contribution < -0.4 is 10.6 Å². The van der Waals surface area contributed by atoms with Gasteiger partial charge >= 0.3 is 6.18 Å². The van der Waals surface area contributed by atoms with Gasteiger partial charge in [0.2, 0.25) is 17.7 Å². The molecule has 0 aliphatic carbocycles. The fourth-order valence-electron chi connectivity index (χ4n) is 4.27. The molecule has 1 atom stereocenters. The third-order valence-corrected chi connectivity index (χ3v) is 6.33. The first-order valence-corrected chi connectivity index (χ1v) is 11.3. The molecule has 0 radical (unpaired) electrons. The largest absolute Gasteiger partial charge is 0.417 e. The van der Waals surface area contributed by atoms with Gasteiger partial charge in [0.05, 0.1) is 17.0 Å². The quantitative estimate of drug-likeness (QED) is 0.607. The van der Waals surface area contributed by atoms with Crippen molar-refractivity contribution in [3.8, 4) is 0 Å². The SMILES string of the molecule is O=C(Cc1ccc(C(F)(F)F)c(Cl)c1)NCc1ccc2c(c1)CN([C@H]1CCCC(=O)NC1=O)C2=O. The molecule has 2 aromatic carbocycles. The molecule has 0 unspecified atom stereocenters. The third-order valence-electron chi connectivity index (χ3n) is 6.02. The summed E-state index contributed by atoms with van der Waals surface area (Å²) in [6, 6.07) is 7.54. The van der Waals surface area contributed by atoms with Gasteiger partial charge in [-0.2, -0.15) is 13.2 Å². The summed E-state index contributed by atoms with van der Waals surface area (Å²) in [7, 11) is 0. The van der Waals surface area contributed by atoms with Gasteiger partial charge in [-0.15, -0.1) is 0 Å². The van der Waals surface area contributed by atoms with Crippen LogP contribution in [0.2, 0.25) is 5.02 Å². The van der Waals surface area contributed by atoms with Gasteiger partial charge in [0.15, 0.2) is 0 Å². The van der Waals surface area contributed by atoms with Gasteiger partial charge in [0.25, 0.3) is 5.91 Å². The Bertz CT molecular complexity index is 1210. The molecule has 2 N–H and O–H groups in total. The van der Waals surface area contributed by atoms with Crippen LogP contribution in [-0.2, 0) is 40.1 Å². The molecule has 4 amide bonds. The third kappa shape index (κ3) is 5.48. The van der Waals surface area contributed by atoms with Crippen molar-refractivity contribution in [3.63, 3.8) is 0 Å². The molecular formula is C24H21ClF3N3O4. The predicted molar refractivity (Wildman–Crippen MR) is 119 cm³/mol. The minimum absolute atomic E-state index is 0.146. The molecule has 1 saturated heterocycles. The number of fused-ring (bicyclic) bond motifs is 1. The van der Waals surface area contributed by atoms with E-state index in [0.29, 0.717) is 29.5 Å². The fraction of sp³-hybridized carbons (Fsp3) is 0.333. The number of carbonyl (C=O) groups excluding carboxylic acids is 4. The Balaban J connectivity index is 1.37. The topological polar surface area (TPSA) is 95.6 Å². The highest BCUT2D eigenvalue weighted by Crippen LogP contribution is 2.35. The van der Waals surface area contributed by atoms with E-state index in [1.54, 1.807) is 18.2 Å². The average molecular weight is 508 g/mol. The van der Waals surface area contributed by atoms with Crippen molar-refractivity contribution < 1.29 is 32.3 Å². The van der Waals surface area contributed by atoms with Crippen molar-refractivity contribution in [1.29, 1.82) is 0 Å². The van der Waals surface area contributed by atoms with Gasteiger partial charge in [-0.3, -0.25) is 24.5 Å². The van der Waals surface area contributed by atoms with Crippen molar-refractivity contribution in [2.45, 2.75) is 51.0 Å². The number of carbonyl (C=O) groups is 4. The monoisotopic (exact) mass is 507 g/mol. The Kier molecular flexibility index (Phi) is 6.84. The lowest BCUT2D eigenvalue weighted by molar-refractivity contribution is -0.137. The van der Waals surface area contributed by atoms with Gasteiger partial charge in [-0.1, -0.05) is 29.8 Å². The van der Waals surface area contributed by atoms with Crippen LogP contribution in [0.25, 0.3) is 0 Å². The summed E-state index contributed by atoms with van der Waals surface area (Å²) in [5.41, 5.74) is 1.27. The number of nitrogens with one attached hydrogen (secondary N) is 2. The Morgan fingerprint density at radius 1 is 1.11 bits per heavy atom. The lowest BCUT2D eigenvalue weighted by Crippen LogP contribution is -2.46. The Hall–Kier alpha value is -3.40. The van der Waals surface area contributed by atoms with Crippen LogP contribution in [0.15, 0.2) is 36.4 Å². The summed E-state index contributed by atoms with van der Waals surface area (Å²) in [6.07, 6.45) is -3.58. The lowest BCUT2D eigenvalue weighted by Gasteiger charge is -2.24. The molecule has 2 aromatic rings. The minimum Gasteiger partial charge on any atom is -0.352 e. The van der Waals surface area contributed by atoms with Gasteiger partial charge in [0, 0.05) is 25.1 Å². The fourth-order valence-corrected chi connectivity index (χ4v) is 4.58. The molecule has 0 saturated carbocycles. The number of nitrogens with zero attached hydrogens (tertiary/aromatic N) is 1. The number of hydrogen-bond donors (Lipinski definition) is 2. The Morgan fingerprint density at radius 3 is 2.57 bits per heavy atom. The van der Waals surface area contributed by atoms with Crippen molar-refractivity contribution in [1.82, 2.24) is 15.5 Å². The molecule has 2 heterocycles. The maximum atomic E-state index is 12.8. The predicted octanol–water partition coefficient (Wildman–Crippen LogP) is 3.37. The zero-order valence-electron chi connectivity index (χ0n) is 18.4. The van der Waals surface area contributed by atoms with Crippen molar-refractivity contribution in [3.05, 3.63) is 69.2 Å². The van der Waals surface area contributed by atoms with Crippen molar-refractivity contribution in [2.75, 3.05) is 0 Å². The first-order chi connectivity index (χ1) is 16.5. The number of halogens is 4. The van der Waals surface area contributed by atoms with Crippen LogP contribution in [-0.4, -0.2) is 34.6 Å². The van der Waals surface area contributed by atoms with Gasteiger partial charge in [0.1, 0.15) is 6.04 Å². The highest BCUT2D eigenvalue weighted by molar-refractivity contribution is 6.31. The van der Waals surface area contributed by atoms with Crippen LogP contribution in [0.5, 0.6) is 0 Å². The molecule has 35 heavy (non-hydrogen) atoms. The van der Waals surface area contributed by atoms with E-state index in [4.69, 9.17) is 11.6 Å². The van der Waals surface area contributed by atoms with Crippen LogP contribution >= 0.6 is 11.6 Å². The van der Waals surface area contributed by atoms with Crippen LogP contribution in [0.1, 0.15) is 51.9 Å². The molecule has 1 fully saturated rings. The highest BCUT2D eigenvalue weighted by atomic mass is 35.5. The Morgan fingerprint density at radius 2 is 1.86 bits per heavy atom. The second-order valence-electron chi connectivity index (χ2n) is 8.51. The lowest BCUT2D eigenvalue weighted by atomic mass is 10.1. The van der Waals surface area contributed by atoms with E-state index < -0.39 is 34.6 Å². The second-order valence-corrected chi connectivity index (χ2v) is 8.92. The molecule has 7 nitrogen and oxygen atoms in total. The second kappa shape index (κ2) is 9.69. The highest BCUT2D eigenvalue weighted by Gasteiger charge is 2.38. The summed E-state index contributed by atoms with van der Waals surface area (Å²) in [4.78, 5) is 50.5. The summed E-state index contributed by atoms with van der Waals surface area (Å²) in [5, 5.41) is 4.55. The summed E-state index contributed by atoms with van der Waals surface area (Å²) in [6.45, 7) is 0.360. The summed E-state index contributed by atoms with van der Waals surface area (Å²) in [5.74, 6) is -1.52. The molecule has 2 aliphatic rings. The normalized spacial score (nSPS) is 18.2. The summed E-state index contributed by atoms with van der Waals surface area (Å²) < 4.78 is 38.5. The van der Waals surface area contributed by atoms with Gasteiger partial charge < -0.3 is 10.2 Å². The van der Waals surface area contributed by atoms with Gasteiger partial charge in [-0.05, 0) is 47.7 Å². The molecule has 2 aliphatic heterocycles. The van der Waals surface area contributed by atoms with E-state index in [9.17, 15) is 32.3 Å². The maximum absolute atomic E-state index is 12.8. The molecule has 0 bridgehead atoms. The molecule has 4 rings (SSSR count). The molecular weight excluding hydrogens is 487 g/mol.